The summed E-state index contributed by atoms with van der Waals surface area (Å²) in [6.45, 7) is 1.56. The number of para-hydroxylation sites is 2. The van der Waals surface area contributed by atoms with E-state index in [0.717, 1.165) is 0 Å². The number of nitrogens with one attached hydrogen (secondary N) is 1. The van der Waals surface area contributed by atoms with Gasteiger partial charge in [-0.3, -0.25) is 19.3 Å². The number of ether oxygens (including phenoxy) is 1. The minimum atomic E-state index is -0.690. The molecular weight excluding hydrogens is 358 g/mol. The largest absolute Gasteiger partial charge is 0.465 e. The third kappa shape index (κ3) is 3.62. The third-order valence-corrected chi connectivity index (χ3v) is 4.14. The Kier molecular flexibility index (Phi) is 5.51. The lowest BCUT2D eigenvalue weighted by atomic mass is 10.0. The monoisotopic (exact) mass is 375 g/mol. The molecule has 140 valence electrons. The molecule has 28 heavy (non-hydrogen) atoms. The summed E-state index contributed by atoms with van der Waals surface area (Å²) >= 11 is 0. The van der Waals surface area contributed by atoms with Crippen molar-refractivity contribution in [3.8, 4) is 6.07 Å². The van der Waals surface area contributed by atoms with Gasteiger partial charge in [0.25, 0.3) is 11.8 Å². The quantitative estimate of drug-likeness (QED) is 0.492. The molecule has 0 spiro atoms. The normalized spacial score (nSPS) is 14.1. The number of nitrogens with zero attached hydrogens (tertiary/aromatic N) is 2. The van der Waals surface area contributed by atoms with E-state index >= 15 is 0 Å². The Labute approximate surface area is 161 Å². The Bertz CT molecular complexity index is 1010. The second-order valence-corrected chi connectivity index (χ2v) is 5.90. The van der Waals surface area contributed by atoms with Crippen molar-refractivity contribution in [1.82, 2.24) is 0 Å². The van der Waals surface area contributed by atoms with Crippen LogP contribution in [0.4, 0.5) is 11.4 Å². The average Bonchev–Trinajstić information content (AvgIpc) is 2.96. The molecule has 0 unspecified atom stereocenters. The van der Waals surface area contributed by atoms with E-state index in [0.29, 0.717) is 16.9 Å². The molecule has 0 fully saturated rings. The van der Waals surface area contributed by atoms with Gasteiger partial charge >= 0.3 is 5.97 Å². The SMILES string of the molecule is CCOC(=O)CN1C(=O)/C(=C(\C#N)C(=O)Nc2ccccc2)c2ccccc21. The molecule has 0 aromatic heterocycles. The van der Waals surface area contributed by atoms with Gasteiger partial charge in [-0.25, -0.2) is 0 Å². The number of benzene rings is 2. The Morgan fingerprint density at radius 3 is 2.46 bits per heavy atom. The summed E-state index contributed by atoms with van der Waals surface area (Å²) in [5, 5.41) is 12.2. The van der Waals surface area contributed by atoms with Gasteiger partial charge in [-0.2, -0.15) is 5.26 Å². The first-order valence-electron chi connectivity index (χ1n) is 8.64. The lowest BCUT2D eigenvalue weighted by Crippen LogP contribution is -2.33. The van der Waals surface area contributed by atoms with Crippen molar-refractivity contribution in [3.05, 3.63) is 65.7 Å². The molecule has 0 saturated heterocycles. The van der Waals surface area contributed by atoms with Crippen molar-refractivity contribution in [1.29, 1.82) is 5.26 Å². The third-order valence-electron chi connectivity index (χ3n) is 4.14. The zero-order valence-electron chi connectivity index (χ0n) is 15.1. The van der Waals surface area contributed by atoms with E-state index < -0.39 is 17.8 Å². The zero-order chi connectivity index (χ0) is 20.1. The first kappa shape index (κ1) is 18.9. The van der Waals surface area contributed by atoms with E-state index in [1.165, 1.54) is 4.90 Å². The average molecular weight is 375 g/mol. The number of rotatable bonds is 5. The molecule has 2 aromatic carbocycles. The van der Waals surface area contributed by atoms with Gasteiger partial charge in [0.15, 0.2) is 0 Å². The van der Waals surface area contributed by atoms with Gasteiger partial charge < -0.3 is 10.1 Å². The molecule has 7 nitrogen and oxygen atoms in total. The van der Waals surface area contributed by atoms with Gasteiger partial charge in [-0.15, -0.1) is 0 Å². The fourth-order valence-electron chi connectivity index (χ4n) is 2.95. The number of nitriles is 1. The number of anilines is 2. The second kappa shape index (κ2) is 8.18. The van der Waals surface area contributed by atoms with Crippen LogP contribution < -0.4 is 10.2 Å². The van der Waals surface area contributed by atoms with Crippen LogP contribution in [-0.4, -0.2) is 30.9 Å². The topological polar surface area (TPSA) is 99.5 Å². The number of carbonyl (C=O) groups is 3. The highest BCUT2D eigenvalue weighted by molar-refractivity contribution is 6.38. The zero-order valence-corrected chi connectivity index (χ0v) is 15.1. The van der Waals surface area contributed by atoms with E-state index in [4.69, 9.17) is 4.74 Å². The van der Waals surface area contributed by atoms with Crippen LogP contribution in [0.5, 0.6) is 0 Å². The van der Waals surface area contributed by atoms with E-state index in [1.54, 1.807) is 61.5 Å². The summed E-state index contributed by atoms with van der Waals surface area (Å²) < 4.78 is 4.92. The van der Waals surface area contributed by atoms with Crippen LogP contribution in [0.25, 0.3) is 5.57 Å². The highest BCUT2D eigenvalue weighted by Crippen LogP contribution is 2.38. The number of amides is 2. The molecule has 3 rings (SSSR count). The van der Waals surface area contributed by atoms with Crippen molar-refractivity contribution in [2.75, 3.05) is 23.4 Å². The van der Waals surface area contributed by atoms with E-state index in [1.807, 2.05) is 6.07 Å². The highest BCUT2D eigenvalue weighted by atomic mass is 16.5. The van der Waals surface area contributed by atoms with Gasteiger partial charge in [0.05, 0.1) is 17.9 Å². The lowest BCUT2D eigenvalue weighted by molar-refractivity contribution is -0.142. The molecule has 1 aliphatic heterocycles. The summed E-state index contributed by atoms with van der Waals surface area (Å²) in [4.78, 5) is 38.8. The molecular formula is C21H17N3O4. The molecule has 0 aliphatic carbocycles. The lowest BCUT2D eigenvalue weighted by Gasteiger charge is -2.15. The number of hydrogen-bond donors (Lipinski definition) is 1. The van der Waals surface area contributed by atoms with Gasteiger partial charge in [-0.05, 0) is 25.1 Å². The van der Waals surface area contributed by atoms with Crippen molar-refractivity contribution >= 4 is 34.7 Å². The van der Waals surface area contributed by atoms with Crippen LogP contribution in [0.3, 0.4) is 0 Å². The fraction of sp³-hybridized carbons (Fsp3) is 0.143. The van der Waals surface area contributed by atoms with Gasteiger partial charge in [-0.1, -0.05) is 36.4 Å². The minimum Gasteiger partial charge on any atom is -0.465 e. The molecule has 0 atom stereocenters. The molecule has 2 aromatic rings. The summed E-state index contributed by atoms with van der Waals surface area (Å²) in [6, 6.07) is 17.2. The molecule has 0 bridgehead atoms. The maximum atomic E-state index is 13.0. The molecule has 0 radical (unpaired) electrons. The number of carbonyl (C=O) groups excluding carboxylic acids is 3. The molecule has 1 heterocycles. The van der Waals surface area contributed by atoms with Gasteiger partial charge in [0.2, 0.25) is 0 Å². The first-order chi connectivity index (χ1) is 13.6. The summed E-state index contributed by atoms with van der Waals surface area (Å²) in [5.41, 5.74) is 1.04. The van der Waals surface area contributed by atoms with Gasteiger partial charge in [0.1, 0.15) is 18.2 Å². The minimum absolute atomic E-state index is 0.0316. The van der Waals surface area contributed by atoms with Crippen LogP contribution in [0.15, 0.2) is 60.2 Å². The van der Waals surface area contributed by atoms with E-state index in [9.17, 15) is 19.6 Å². The number of hydrogen-bond acceptors (Lipinski definition) is 5. The predicted molar refractivity (Wildman–Crippen MR) is 103 cm³/mol. The molecule has 7 heteroatoms. The smallest absolute Gasteiger partial charge is 0.326 e. The van der Waals surface area contributed by atoms with Crippen LogP contribution >= 0.6 is 0 Å². The van der Waals surface area contributed by atoms with Crippen molar-refractivity contribution in [2.45, 2.75) is 6.92 Å². The maximum Gasteiger partial charge on any atom is 0.326 e. The molecule has 1 aliphatic rings. The predicted octanol–water partition coefficient (Wildman–Crippen LogP) is 2.51. The maximum absolute atomic E-state index is 13.0. The Morgan fingerprint density at radius 2 is 1.79 bits per heavy atom. The Morgan fingerprint density at radius 1 is 1.11 bits per heavy atom. The van der Waals surface area contributed by atoms with Crippen molar-refractivity contribution in [3.63, 3.8) is 0 Å². The molecule has 0 saturated carbocycles. The van der Waals surface area contributed by atoms with E-state index in [2.05, 4.69) is 5.32 Å². The van der Waals surface area contributed by atoms with Crippen molar-refractivity contribution in [2.24, 2.45) is 0 Å². The van der Waals surface area contributed by atoms with Gasteiger partial charge in [0, 0.05) is 11.3 Å². The Balaban J connectivity index is 2.01. The van der Waals surface area contributed by atoms with Crippen LogP contribution in [-0.2, 0) is 19.1 Å². The number of esters is 1. The van der Waals surface area contributed by atoms with Crippen LogP contribution in [0.2, 0.25) is 0 Å². The fourth-order valence-corrected chi connectivity index (χ4v) is 2.95. The summed E-state index contributed by atoms with van der Waals surface area (Å²) in [7, 11) is 0. The summed E-state index contributed by atoms with van der Waals surface area (Å²) in [6.07, 6.45) is 0. The van der Waals surface area contributed by atoms with Crippen molar-refractivity contribution < 1.29 is 19.1 Å². The van der Waals surface area contributed by atoms with Crippen LogP contribution in [0, 0.1) is 11.3 Å². The Hall–Kier alpha value is -3.92. The standard InChI is InChI=1S/C21H17N3O4/c1-2-28-18(25)13-24-17-11-7-6-10-15(17)19(21(24)27)16(12-22)20(26)23-14-8-4-3-5-9-14/h3-11H,2,13H2,1H3,(H,23,26)/b19-16+. The number of fused-ring (bicyclic) bond motifs is 1. The summed E-state index contributed by atoms with van der Waals surface area (Å²) in [5.74, 6) is -1.85. The first-order valence-corrected chi connectivity index (χ1v) is 8.64. The molecule has 2 amide bonds. The second-order valence-electron chi connectivity index (χ2n) is 5.90. The van der Waals surface area contributed by atoms with Crippen LogP contribution in [0.1, 0.15) is 12.5 Å². The highest BCUT2D eigenvalue weighted by Gasteiger charge is 2.37. The molecule has 1 N–H and O–H groups in total. The van der Waals surface area contributed by atoms with E-state index in [-0.39, 0.29) is 24.3 Å².